The average Bonchev–Trinajstić information content (AvgIpc) is 2.90. The molecule has 0 spiro atoms. The van der Waals surface area contributed by atoms with Gasteiger partial charge < -0.3 is 14.8 Å². The van der Waals surface area contributed by atoms with Gasteiger partial charge >= 0.3 is 0 Å². The van der Waals surface area contributed by atoms with Gasteiger partial charge in [-0.2, -0.15) is 0 Å². The van der Waals surface area contributed by atoms with Crippen molar-refractivity contribution in [2.75, 3.05) is 33.0 Å². The second kappa shape index (κ2) is 19.6. The van der Waals surface area contributed by atoms with Crippen molar-refractivity contribution < 1.29 is 14.3 Å². The molecular formula is C34H59NO3. The minimum Gasteiger partial charge on any atom is -0.379 e. The van der Waals surface area contributed by atoms with E-state index in [9.17, 15) is 4.79 Å². The third-order valence-electron chi connectivity index (χ3n) is 8.55. The average molecular weight is 530 g/mol. The summed E-state index contributed by atoms with van der Waals surface area (Å²) in [4.78, 5) is 12.1. The van der Waals surface area contributed by atoms with E-state index in [1.807, 2.05) is 32.0 Å². The Kier molecular flexibility index (Phi) is 17.0. The maximum Gasteiger partial charge on any atom is 0.220 e. The second-order valence-electron chi connectivity index (χ2n) is 11.9. The van der Waals surface area contributed by atoms with Crippen LogP contribution in [0.5, 0.6) is 0 Å². The Morgan fingerprint density at radius 2 is 1.39 bits per heavy atom. The molecular weight excluding hydrogens is 470 g/mol. The number of hydrogen-bond acceptors (Lipinski definition) is 3. The molecule has 0 aromatic heterocycles. The van der Waals surface area contributed by atoms with Gasteiger partial charge in [0.2, 0.25) is 5.91 Å². The van der Waals surface area contributed by atoms with Crippen molar-refractivity contribution in [2.24, 2.45) is 23.2 Å². The van der Waals surface area contributed by atoms with Gasteiger partial charge in [0.1, 0.15) is 0 Å². The lowest BCUT2D eigenvalue weighted by Gasteiger charge is -2.57. The predicted molar refractivity (Wildman–Crippen MR) is 160 cm³/mol. The normalized spacial score (nSPS) is 24.7. The topological polar surface area (TPSA) is 47.6 Å². The number of rotatable bonds is 16. The van der Waals surface area contributed by atoms with Gasteiger partial charge in [-0.1, -0.05) is 82.3 Å². The molecule has 1 aromatic carbocycles. The van der Waals surface area contributed by atoms with Gasteiger partial charge in [0.25, 0.3) is 0 Å². The number of ether oxygens (including phenoxy) is 2. The van der Waals surface area contributed by atoms with Crippen molar-refractivity contribution in [2.45, 2.75) is 118 Å². The third kappa shape index (κ3) is 13.1. The van der Waals surface area contributed by atoms with Gasteiger partial charge in [0.05, 0.1) is 19.8 Å². The van der Waals surface area contributed by atoms with E-state index in [0.29, 0.717) is 38.2 Å². The number of unbranched alkanes of at least 4 members (excludes halogenated alkanes) is 4. The van der Waals surface area contributed by atoms with Crippen molar-refractivity contribution in [3.8, 4) is 0 Å². The van der Waals surface area contributed by atoms with Crippen LogP contribution in [-0.4, -0.2) is 38.9 Å². The molecule has 0 aliphatic heterocycles. The van der Waals surface area contributed by atoms with Crippen molar-refractivity contribution in [3.05, 3.63) is 35.9 Å². The Morgan fingerprint density at radius 3 is 1.95 bits per heavy atom. The van der Waals surface area contributed by atoms with E-state index in [2.05, 4.69) is 31.3 Å². The lowest BCUT2D eigenvalue weighted by atomic mass is 9.48. The molecule has 218 valence electrons. The van der Waals surface area contributed by atoms with Crippen LogP contribution >= 0.6 is 0 Å². The fourth-order valence-electron chi connectivity index (χ4n) is 7.24. The molecule has 4 bridgehead atoms. The molecule has 38 heavy (non-hydrogen) atoms. The van der Waals surface area contributed by atoms with Gasteiger partial charge in [-0.3, -0.25) is 4.79 Å². The van der Waals surface area contributed by atoms with Gasteiger partial charge in [-0.05, 0) is 87.9 Å². The Hall–Kier alpha value is -1.39. The first-order valence-corrected chi connectivity index (χ1v) is 16.0. The molecule has 4 fully saturated rings. The summed E-state index contributed by atoms with van der Waals surface area (Å²) >= 11 is 0. The predicted octanol–water partition coefficient (Wildman–Crippen LogP) is 8.51. The highest BCUT2D eigenvalue weighted by molar-refractivity contribution is 5.75. The monoisotopic (exact) mass is 529 g/mol. The summed E-state index contributed by atoms with van der Waals surface area (Å²) in [5, 5.41) is 3.02. The molecule has 0 heterocycles. The van der Waals surface area contributed by atoms with Crippen LogP contribution in [0.4, 0.5) is 0 Å². The van der Waals surface area contributed by atoms with Gasteiger partial charge in [-0.25, -0.2) is 0 Å². The molecule has 4 aliphatic rings. The molecule has 0 atom stereocenters. The maximum atomic E-state index is 12.1. The maximum absolute atomic E-state index is 12.1. The summed E-state index contributed by atoms with van der Waals surface area (Å²) in [5.74, 6) is 3.23. The summed E-state index contributed by atoms with van der Waals surface area (Å²) in [6.45, 7) is 11.6. The van der Waals surface area contributed by atoms with Crippen molar-refractivity contribution in [3.63, 3.8) is 0 Å². The smallest absolute Gasteiger partial charge is 0.220 e. The van der Waals surface area contributed by atoms with Crippen LogP contribution in [0.2, 0.25) is 0 Å². The molecule has 4 saturated carbocycles. The minimum absolute atomic E-state index is 0.196. The van der Waals surface area contributed by atoms with Gasteiger partial charge in [-0.15, -0.1) is 0 Å². The molecule has 4 nitrogen and oxygen atoms in total. The lowest BCUT2D eigenvalue weighted by Crippen LogP contribution is -2.46. The summed E-state index contributed by atoms with van der Waals surface area (Å²) in [5.41, 5.74) is 1.93. The van der Waals surface area contributed by atoms with Crippen LogP contribution in [0.1, 0.15) is 116 Å². The van der Waals surface area contributed by atoms with Crippen LogP contribution in [0.25, 0.3) is 0 Å². The minimum atomic E-state index is 0.196. The molecule has 1 aromatic rings. The number of aryl methyl sites for hydroxylation is 1. The summed E-state index contributed by atoms with van der Waals surface area (Å²) < 4.78 is 11.1. The zero-order chi connectivity index (χ0) is 27.5. The highest BCUT2D eigenvalue weighted by atomic mass is 16.5. The second-order valence-corrected chi connectivity index (χ2v) is 11.9. The van der Waals surface area contributed by atoms with Crippen molar-refractivity contribution in [1.82, 2.24) is 5.32 Å². The first-order chi connectivity index (χ1) is 18.6. The van der Waals surface area contributed by atoms with E-state index < -0.39 is 0 Å². The van der Waals surface area contributed by atoms with Crippen LogP contribution in [0.3, 0.4) is 0 Å². The fraction of sp³-hybridized carbons (Fsp3) is 0.794. The van der Waals surface area contributed by atoms with Crippen molar-refractivity contribution in [1.29, 1.82) is 0 Å². The highest BCUT2D eigenvalue weighted by Gasteiger charge is 2.50. The first-order valence-electron chi connectivity index (χ1n) is 16.0. The Labute approximate surface area is 235 Å². The zero-order valence-corrected chi connectivity index (χ0v) is 25.3. The van der Waals surface area contributed by atoms with E-state index >= 15 is 0 Å². The number of hydrogen-bond donors (Lipinski definition) is 1. The Balaban J connectivity index is 0.000000481. The van der Waals surface area contributed by atoms with E-state index in [1.54, 1.807) is 0 Å². The number of amides is 1. The summed E-state index contributed by atoms with van der Waals surface area (Å²) in [6.07, 6.45) is 18.2. The van der Waals surface area contributed by atoms with Gasteiger partial charge in [0, 0.05) is 19.6 Å². The molecule has 4 heteroatoms. The van der Waals surface area contributed by atoms with Gasteiger partial charge in [0.15, 0.2) is 0 Å². The van der Waals surface area contributed by atoms with Crippen LogP contribution in [0.15, 0.2) is 30.3 Å². The summed E-state index contributed by atoms with van der Waals surface area (Å²) in [7, 11) is 0. The number of carbonyl (C=O) groups is 1. The van der Waals surface area contributed by atoms with Crippen LogP contribution in [0, 0.1) is 30.1 Å². The number of carbonyl (C=O) groups excluding carboxylic acids is 1. The van der Waals surface area contributed by atoms with E-state index in [-0.39, 0.29) is 5.91 Å². The quantitative estimate of drug-likeness (QED) is 0.218. The molecule has 0 saturated heterocycles. The van der Waals surface area contributed by atoms with Crippen LogP contribution in [-0.2, 0) is 14.3 Å². The van der Waals surface area contributed by atoms with Crippen LogP contribution < -0.4 is 5.32 Å². The van der Waals surface area contributed by atoms with E-state index in [1.165, 1.54) is 76.2 Å². The SMILES string of the molecule is CC.CCCCCCCOCCOCCNC(=O)CCCC12CC3CC(CC(C3)C1)C2.Cc1ccccc1. The van der Waals surface area contributed by atoms with E-state index in [0.717, 1.165) is 37.2 Å². The Bertz CT molecular complexity index is 684. The molecule has 0 radical (unpaired) electrons. The zero-order valence-electron chi connectivity index (χ0n) is 25.3. The molecule has 1 N–H and O–H groups in total. The molecule has 5 rings (SSSR count). The highest BCUT2D eigenvalue weighted by Crippen LogP contribution is 2.61. The molecule has 0 unspecified atom stereocenters. The largest absolute Gasteiger partial charge is 0.379 e. The fourth-order valence-corrected chi connectivity index (χ4v) is 7.24. The lowest BCUT2D eigenvalue weighted by molar-refractivity contribution is -0.121. The third-order valence-corrected chi connectivity index (χ3v) is 8.55. The number of nitrogens with one attached hydrogen (secondary N) is 1. The summed E-state index contributed by atoms with van der Waals surface area (Å²) in [6, 6.07) is 10.3. The number of benzene rings is 1. The first kappa shape index (κ1) is 32.8. The van der Waals surface area contributed by atoms with E-state index in [4.69, 9.17) is 9.47 Å². The van der Waals surface area contributed by atoms with Crippen molar-refractivity contribution >= 4 is 5.91 Å². The molecule has 1 amide bonds. The standard InChI is InChI=1S/C25H45NO3.C7H8.C2H6/c1-2-3-4-5-6-11-28-13-14-29-12-10-26-24(27)8-7-9-25-18-21-15-22(19-25)17-23(16-21)20-25;1-7-5-3-2-4-6-7;1-2/h21-23H,2-20H2,1H3,(H,26,27);2-6H,1H3;1-2H3. The Morgan fingerprint density at radius 1 is 0.816 bits per heavy atom. The molecule has 4 aliphatic carbocycles.